The van der Waals surface area contributed by atoms with Crippen molar-refractivity contribution in [1.29, 1.82) is 0 Å². The topological polar surface area (TPSA) is 32.8 Å². The first-order valence-corrected chi connectivity index (χ1v) is 7.38. The number of benzene rings is 1. The summed E-state index contributed by atoms with van der Waals surface area (Å²) in [4.78, 5) is 16.7. The molecule has 0 saturated carbocycles. The Morgan fingerprint density at radius 3 is 2.81 bits per heavy atom. The van der Waals surface area contributed by atoms with E-state index in [9.17, 15) is 9.18 Å². The van der Waals surface area contributed by atoms with Crippen molar-refractivity contribution in [1.82, 2.24) is 9.80 Å². The van der Waals surface area contributed by atoms with Crippen molar-refractivity contribution < 1.29 is 13.9 Å². The molecule has 0 aromatic heterocycles. The highest BCUT2D eigenvalue weighted by Crippen LogP contribution is 2.14. The van der Waals surface area contributed by atoms with Crippen LogP contribution in [0.2, 0.25) is 0 Å². The highest BCUT2D eigenvalue weighted by molar-refractivity contribution is 5.95. The van der Waals surface area contributed by atoms with Crippen molar-refractivity contribution in [2.75, 3.05) is 46.4 Å². The van der Waals surface area contributed by atoms with E-state index in [0.717, 1.165) is 32.6 Å². The summed E-state index contributed by atoms with van der Waals surface area (Å²) < 4.78 is 18.2. The van der Waals surface area contributed by atoms with Crippen LogP contribution in [0.5, 0.6) is 0 Å². The van der Waals surface area contributed by atoms with E-state index in [-0.39, 0.29) is 11.7 Å². The van der Waals surface area contributed by atoms with Gasteiger partial charge in [0.2, 0.25) is 0 Å². The second-order valence-electron chi connectivity index (χ2n) is 5.44. The highest BCUT2D eigenvalue weighted by atomic mass is 19.1. The number of hydrogen-bond donors (Lipinski definition) is 0. The lowest BCUT2D eigenvalue weighted by molar-refractivity contribution is 0.0758. The molecule has 0 spiro atoms. The van der Waals surface area contributed by atoms with Crippen molar-refractivity contribution in [2.24, 2.45) is 0 Å². The molecule has 0 atom stereocenters. The number of amides is 1. The molecule has 1 fully saturated rings. The molecule has 1 aliphatic rings. The van der Waals surface area contributed by atoms with E-state index in [2.05, 4.69) is 4.90 Å². The second-order valence-corrected chi connectivity index (χ2v) is 5.44. The van der Waals surface area contributed by atoms with Gasteiger partial charge in [-0.2, -0.15) is 0 Å². The van der Waals surface area contributed by atoms with Gasteiger partial charge >= 0.3 is 0 Å². The van der Waals surface area contributed by atoms with E-state index in [1.807, 2.05) is 4.90 Å². The van der Waals surface area contributed by atoms with Gasteiger partial charge in [-0.05, 0) is 43.7 Å². The number of rotatable bonds is 4. The number of ether oxygens (including phenoxy) is 1. The SMILES string of the molecule is COCCN1CCCN(C(=O)c2ccc(F)cc2C)CC1. The molecule has 1 saturated heterocycles. The fourth-order valence-corrected chi connectivity index (χ4v) is 2.66. The fraction of sp³-hybridized carbons (Fsp3) is 0.562. The summed E-state index contributed by atoms with van der Waals surface area (Å²) in [6, 6.07) is 4.35. The van der Waals surface area contributed by atoms with Gasteiger partial charge in [-0.25, -0.2) is 4.39 Å². The van der Waals surface area contributed by atoms with Crippen LogP contribution in [0.4, 0.5) is 4.39 Å². The van der Waals surface area contributed by atoms with E-state index in [1.165, 1.54) is 12.1 Å². The van der Waals surface area contributed by atoms with E-state index in [4.69, 9.17) is 4.74 Å². The monoisotopic (exact) mass is 294 g/mol. The van der Waals surface area contributed by atoms with Crippen molar-refractivity contribution in [3.05, 3.63) is 35.1 Å². The normalized spacial score (nSPS) is 16.8. The minimum atomic E-state index is -0.300. The number of carbonyl (C=O) groups is 1. The Kier molecular flexibility index (Phi) is 5.70. The predicted molar refractivity (Wildman–Crippen MR) is 80.0 cm³/mol. The standard InChI is InChI=1S/C16H23FN2O2/c1-13-12-14(17)4-5-15(13)16(20)19-7-3-6-18(8-9-19)10-11-21-2/h4-5,12H,3,6-11H2,1-2H3. The van der Waals surface area contributed by atoms with E-state index < -0.39 is 0 Å². The van der Waals surface area contributed by atoms with Gasteiger partial charge in [0, 0.05) is 38.9 Å². The third-order valence-corrected chi connectivity index (χ3v) is 3.91. The third kappa shape index (κ3) is 4.25. The minimum absolute atomic E-state index is 0.00101. The first kappa shape index (κ1) is 15.9. The first-order valence-electron chi connectivity index (χ1n) is 7.38. The van der Waals surface area contributed by atoms with Gasteiger partial charge in [-0.1, -0.05) is 0 Å². The summed E-state index contributed by atoms with van der Waals surface area (Å²) >= 11 is 0. The van der Waals surface area contributed by atoms with E-state index in [1.54, 1.807) is 20.1 Å². The number of nitrogens with zero attached hydrogens (tertiary/aromatic N) is 2. The smallest absolute Gasteiger partial charge is 0.254 e. The molecule has 0 bridgehead atoms. The van der Waals surface area contributed by atoms with Crippen LogP contribution in [-0.2, 0) is 4.74 Å². The molecule has 1 heterocycles. The molecule has 0 unspecified atom stereocenters. The van der Waals surface area contributed by atoms with Crippen LogP contribution in [-0.4, -0.2) is 62.1 Å². The average Bonchev–Trinajstić information content (AvgIpc) is 2.70. The molecular formula is C16H23FN2O2. The Morgan fingerprint density at radius 2 is 2.10 bits per heavy atom. The number of carbonyl (C=O) groups excluding carboxylic acids is 1. The quantitative estimate of drug-likeness (QED) is 0.850. The van der Waals surface area contributed by atoms with Crippen molar-refractivity contribution >= 4 is 5.91 Å². The Balaban J connectivity index is 1.99. The molecule has 2 rings (SSSR count). The zero-order valence-corrected chi connectivity index (χ0v) is 12.8. The maximum absolute atomic E-state index is 13.1. The zero-order chi connectivity index (χ0) is 15.2. The Hall–Kier alpha value is -1.46. The van der Waals surface area contributed by atoms with Crippen molar-refractivity contribution in [2.45, 2.75) is 13.3 Å². The van der Waals surface area contributed by atoms with Crippen LogP contribution >= 0.6 is 0 Å². The number of halogens is 1. The largest absolute Gasteiger partial charge is 0.383 e. The predicted octanol–water partition coefficient (Wildman–Crippen LogP) is 1.93. The summed E-state index contributed by atoms with van der Waals surface area (Å²) in [5.74, 6) is -0.299. The third-order valence-electron chi connectivity index (χ3n) is 3.91. The van der Waals surface area contributed by atoms with Gasteiger partial charge in [0.15, 0.2) is 0 Å². The molecule has 5 heteroatoms. The van der Waals surface area contributed by atoms with Crippen LogP contribution in [0.1, 0.15) is 22.3 Å². The molecule has 1 aromatic rings. The van der Waals surface area contributed by atoms with Crippen LogP contribution in [0.15, 0.2) is 18.2 Å². The molecule has 1 amide bonds. The van der Waals surface area contributed by atoms with Gasteiger partial charge in [0.1, 0.15) is 5.82 Å². The van der Waals surface area contributed by atoms with Crippen LogP contribution in [0.3, 0.4) is 0 Å². The summed E-state index contributed by atoms with van der Waals surface area (Å²) in [6.45, 7) is 6.68. The fourth-order valence-electron chi connectivity index (χ4n) is 2.66. The highest BCUT2D eigenvalue weighted by Gasteiger charge is 2.21. The molecule has 0 aliphatic carbocycles. The van der Waals surface area contributed by atoms with E-state index in [0.29, 0.717) is 24.3 Å². The number of methoxy groups -OCH3 is 1. The summed E-state index contributed by atoms with van der Waals surface area (Å²) in [5, 5.41) is 0. The zero-order valence-electron chi connectivity index (χ0n) is 12.8. The number of hydrogen-bond acceptors (Lipinski definition) is 3. The van der Waals surface area contributed by atoms with Gasteiger partial charge in [0.25, 0.3) is 5.91 Å². The van der Waals surface area contributed by atoms with Gasteiger partial charge in [0.05, 0.1) is 6.61 Å². The molecular weight excluding hydrogens is 271 g/mol. The lowest BCUT2D eigenvalue weighted by atomic mass is 10.1. The van der Waals surface area contributed by atoms with Gasteiger partial charge in [-0.3, -0.25) is 9.69 Å². The molecule has 0 N–H and O–H groups in total. The van der Waals surface area contributed by atoms with E-state index >= 15 is 0 Å². The van der Waals surface area contributed by atoms with Crippen LogP contribution in [0.25, 0.3) is 0 Å². The molecule has 4 nitrogen and oxygen atoms in total. The summed E-state index contributed by atoms with van der Waals surface area (Å²) in [5.41, 5.74) is 1.29. The maximum Gasteiger partial charge on any atom is 0.254 e. The molecule has 0 radical (unpaired) electrons. The van der Waals surface area contributed by atoms with Crippen LogP contribution in [0, 0.1) is 12.7 Å². The lowest BCUT2D eigenvalue weighted by Gasteiger charge is -2.22. The van der Waals surface area contributed by atoms with Crippen LogP contribution < -0.4 is 0 Å². The molecule has 116 valence electrons. The van der Waals surface area contributed by atoms with Gasteiger partial charge in [-0.15, -0.1) is 0 Å². The average molecular weight is 294 g/mol. The van der Waals surface area contributed by atoms with Crippen molar-refractivity contribution in [3.8, 4) is 0 Å². The Bertz CT molecular complexity index is 493. The Labute approximate surface area is 125 Å². The summed E-state index contributed by atoms with van der Waals surface area (Å²) in [6.07, 6.45) is 0.954. The summed E-state index contributed by atoms with van der Waals surface area (Å²) in [7, 11) is 1.70. The molecule has 21 heavy (non-hydrogen) atoms. The lowest BCUT2D eigenvalue weighted by Crippen LogP contribution is -2.36. The maximum atomic E-state index is 13.1. The minimum Gasteiger partial charge on any atom is -0.383 e. The first-order chi connectivity index (χ1) is 10.1. The second kappa shape index (κ2) is 7.52. The number of aryl methyl sites for hydroxylation is 1. The molecule has 1 aromatic carbocycles. The van der Waals surface area contributed by atoms with Gasteiger partial charge < -0.3 is 9.64 Å². The van der Waals surface area contributed by atoms with Crippen molar-refractivity contribution in [3.63, 3.8) is 0 Å². The molecule has 1 aliphatic heterocycles. The Morgan fingerprint density at radius 1 is 1.29 bits per heavy atom.